The standard InChI is InChI=1S/C15H18N6O4/c1-8-18-13(25-19-8)11-5-4-9(24-11)7-17-12-10(6-16)14(22)21(3)15(23)20(12)2/h9,11,17H,4-5,7H2,1-3H3/t9-,11+/m1/s1. The van der Waals surface area contributed by atoms with Crippen LogP contribution in [0.25, 0.3) is 0 Å². The fraction of sp³-hybridized carbons (Fsp3) is 0.533. The van der Waals surface area contributed by atoms with E-state index >= 15 is 0 Å². The molecule has 2 aromatic rings. The lowest BCUT2D eigenvalue weighted by atomic mass is 10.2. The molecule has 3 rings (SSSR count). The van der Waals surface area contributed by atoms with Crippen LogP contribution in [0.3, 0.4) is 0 Å². The van der Waals surface area contributed by atoms with Gasteiger partial charge < -0.3 is 14.6 Å². The van der Waals surface area contributed by atoms with Crippen molar-refractivity contribution in [3.63, 3.8) is 0 Å². The maximum atomic E-state index is 12.1. The summed E-state index contributed by atoms with van der Waals surface area (Å²) in [5.41, 5.74) is -1.23. The Hall–Kier alpha value is -2.93. The van der Waals surface area contributed by atoms with Crippen LogP contribution in [0.15, 0.2) is 14.1 Å². The number of aryl methyl sites for hydroxylation is 1. The zero-order valence-corrected chi connectivity index (χ0v) is 14.1. The summed E-state index contributed by atoms with van der Waals surface area (Å²) >= 11 is 0. The molecule has 1 fully saturated rings. The van der Waals surface area contributed by atoms with Gasteiger partial charge in [0.1, 0.15) is 18.0 Å². The third-order valence-corrected chi connectivity index (χ3v) is 4.20. The number of aromatic nitrogens is 4. The summed E-state index contributed by atoms with van der Waals surface area (Å²) < 4.78 is 13.1. The molecule has 1 aliphatic rings. The summed E-state index contributed by atoms with van der Waals surface area (Å²) in [6.07, 6.45) is 1.05. The molecule has 0 aromatic carbocycles. The van der Waals surface area contributed by atoms with Crippen LogP contribution < -0.4 is 16.6 Å². The molecule has 132 valence electrons. The van der Waals surface area contributed by atoms with Crippen LogP contribution in [0.5, 0.6) is 0 Å². The van der Waals surface area contributed by atoms with Crippen molar-refractivity contribution in [1.82, 2.24) is 19.3 Å². The molecule has 0 amide bonds. The SMILES string of the molecule is Cc1noc([C@@H]2CC[C@H](CNc3c(C#N)c(=O)n(C)c(=O)n3C)O2)n1. The molecule has 25 heavy (non-hydrogen) atoms. The van der Waals surface area contributed by atoms with Crippen molar-refractivity contribution in [2.24, 2.45) is 14.1 Å². The number of nitrogens with zero attached hydrogens (tertiary/aromatic N) is 5. The molecule has 0 saturated carbocycles. The van der Waals surface area contributed by atoms with Crippen molar-refractivity contribution in [2.45, 2.75) is 32.0 Å². The quantitative estimate of drug-likeness (QED) is 0.818. The van der Waals surface area contributed by atoms with Crippen molar-refractivity contribution in [3.8, 4) is 6.07 Å². The van der Waals surface area contributed by atoms with Crippen molar-refractivity contribution >= 4 is 5.82 Å². The van der Waals surface area contributed by atoms with E-state index in [4.69, 9.17) is 9.26 Å². The second-order valence-corrected chi connectivity index (χ2v) is 5.93. The number of hydrogen-bond acceptors (Lipinski definition) is 8. The van der Waals surface area contributed by atoms with Gasteiger partial charge in [-0.05, 0) is 19.8 Å². The maximum absolute atomic E-state index is 12.1. The Morgan fingerprint density at radius 3 is 2.72 bits per heavy atom. The van der Waals surface area contributed by atoms with Crippen molar-refractivity contribution in [2.75, 3.05) is 11.9 Å². The summed E-state index contributed by atoms with van der Waals surface area (Å²) in [5, 5.41) is 16.0. The molecule has 2 aromatic heterocycles. The van der Waals surface area contributed by atoms with Crippen LogP contribution in [0.1, 0.15) is 36.2 Å². The predicted octanol–water partition coefficient (Wildman–Crippen LogP) is -0.0207. The monoisotopic (exact) mass is 346 g/mol. The van der Waals surface area contributed by atoms with Crippen LogP contribution in [-0.2, 0) is 18.8 Å². The first-order valence-electron chi connectivity index (χ1n) is 7.82. The van der Waals surface area contributed by atoms with Gasteiger partial charge in [-0.3, -0.25) is 13.9 Å². The van der Waals surface area contributed by atoms with E-state index < -0.39 is 11.2 Å². The number of nitriles is 1. The summed E-state index contributed by atoms with van der Waals surface area (Å²) in [7, 11) is 2.84. The first kappa shape index (κ1) is 16.9. The first-order chi connectivity index (χ1) is 11.9. The molecule has 3 heterocycles. The normalized spacial score (nSPS) is 19.8. The smallest absolute Gasteiger partial charge is 0.332 e. The second kappa shape index (κ2) is 6.52. The summed E-state index contributed by atoms with van der Waals surface area (Å²) in [6, 6.07) is 1.86. The van der Waals surface area contributed by atoms with Gasteiger partial charge >= 0.3 is 5.69 Å². The van der Waals surface area contributed by atoms with Gasteiger partial charge in [0.15, 0.2) is 11.4 Å². The lowest BCUT2D eigenvalue weighted by molar-refractivity contribution is 0.0326. The van der Waals surface area contributed by atoms with Gasteiger partial charge in [-0.15, -0.1) is 0 Å². The second-order valence-electron chi connectivity index (χ2n) is 5.93. The Labute approximate surface area is 142 Å². The van der Waals surface area contributed by atoms with Crippen molar-refractivity contribution in [3.05, 3.63) is 38.1 Å². The van der Waals surface area contributed by atoms with Gasteiger partial charge in [0.05, 0.1) is 6.10 Å². The molecule has 2 atom stereocenters. The maximum Gasteiger partial charge on any atom is 0.332 e. The van der Waals surface area contributed by atoms with Crippen LogP contribution in [0.4, 0.5) is 5.82 Å². The average molecular weight is 346 g/mol. The number of nitrogens with one attached hydrogen (secondary N) is 1. The fourth-order valence-electron chi connectivity index (χ4n) is 2.84. The minimum atomic E-state index is -0.625. The Morgan fingerprint density at radius 2 is 2.08 bits per heavy atom. The van der Waals surface area contributed by atoms with Gasteiger partial charge in [0.2, 0.25) is 0 Å². The number of anilines is 1. The summed E-state index contributed by atoms with van der Waals surface area (Å²) in [6.45, 7) is 2.08. The van der Waals surface area contributed by atoms with E-state index in [1.807, 2.05) is 6.07 Å². The molecule has 0 radical (unpaired) electrons. The minimum absolute atomic E-state index is 0.105. The molecule has 0 bridgehead atoms. The van der Waals surface area contributed by atoms with Gasteiger partial charge in [-0.2, -0.15) is 10.2 Å². The number of ether oxygens (including phenoxy) is 1. The molecule has 1 N–H and O–H groups in total. The van der Waals surface area contributed by atoms with E-state index in [2.05, 4.69) is 15.5 Å². The first-order valence-corrected chi connectivity index (χ1v) is 7.82. The molecule has 0 aliphatic carbocycles. The van der Waals surface area contributed by atoms with E-state index in [1.165, 1.54) is 18.7 Å². The van der Waals surface area contributed by atoms with Gasteiger partial charge in [0.25, 0.3) is 11.4 Å². The summed E-state index contributed by atoms with van der Waals surface area (Å²) in [5.74, 6) is 1.18. The van der Waals surface area contributed by atoms with E-state index in [1.54, 1.807) is 6.92 Å². The zero-order chi connectivity index (χ0) is 18.1. The van der Waals surface area contributed by atoms with Crippen LogP contribution in [0, 0.1) is 18.3 Å². The number of hydrogen-bond donors (Lipinski definition) is 1. The lowest BCUT2D eigenvalue weighted by Gasteiger charge is -2.16. The number of rotatable bonds is 4. The molecule has 10 heteroatoms. The highest BCUT2D eigenvalue weighted by molar-refractivity contribution is 5.51. The molecule has 10 nitrogen and oxygen atoms in total. The molecule has 0 spiro atoms. The van der Waals surface area contributed by atoms with Gasteiger partial charge in [0, 0.05) is 20.6 Å². The highest BCUT2D eigenvalue weighted by atomic mass is 16.5. The Bertz CT molecular complexity index is 950. The van der Waals surface area contributed by atoms with Crippen LogP contribution in [-0.4, -0.2) is 31.9 Å². The lowest BCUT2D eigenvalue weighted by Crippen LogP contribution is -2.40. The minimum Gasteiger partial charge on any atom is -0.367 e. The average Bonchev–Trinajstić information content (AvgIpc) is 3.23. The molecule has 0 unspecified atom stereocenters. The van der Waals surface area contributed by atoms with Crippen molar-refractivity contribution < 1.29 is 9.26 Å². The van der Waals surface area contributed by atoms with Crippen LogP contribution in [0.2, 0.25) is 0 Å². The summed E-state index contributed by atoms with van der Waals surface area (Å²) in [4.78, 5) is 28.3. The Morgan fingerprint density at radius 1 is 1.32 bits per heavy atom. The van der Waals surface area contributed by atoms with E-state index in [0.717, 1.165) is 17.4 Å². The molecule has 1 aliphatic heterocycles. The zero-order valence-electron chi connectivity index (χ0n) is 14.1. The van der Waals surface area contributed by atoms with E-state index in [-0.39, 0.29) is 23.6 Å². The van der Waals surface area contributed by atoms with E-state index in [0.29, 0.717) is 18.3 Å². The van der Waals surface area contributed by atoms with Gasteiger partial charge in [-0.1, -0.05) is 5.16 Å². The molecular weight excluding hydrogens is 328 g/mol. The highest BCUT2D eigenvalue weighted by Crippen LogP contribution is 2.31. The van der Waals surface area contributed by atoms with Crippen LogP contribution >= 0.6 is 0 Å². The Kier molecular flexibility index (Phi) is 4.41. The topological polar surface area (TPSA) is 128 Å². The fourth-order valence-corrected chi connectivity index (χ4v) is 2.84. The molecular formula is C15H18N6O4. The van der Waals surface area contributed by atoms with Gasteiger partial charge in [-0.25, -0.2) is 4.79 Å². The predicted molar refractivity (Wildman–Crippen MR) is 86.0 cm³/mol. The third-order valence-electron chi connectivity index (χ3n) is 4.20. The Balaban J connectivity index is 1.74. The van der Waals surface area contributed by atoms with Crippen molar-refractivity contribution in [1.29, 1.82) is 5.26 Å². The third kappa shape index (κ3) is 3.06. The largest absolute Gasteiger partial charge is 0.367 e. The highest BCUT2D eigenvalue weighted by Gasteiger charge is 2.30. The van der Waals surface area contributed by atoms with E-state index in [9.17, 15) is 14.9 Å². The molecule has 1 saturated heterocycles.